The van der Waals surface area contributed by atoms with Crippen LogP contribution in [0, 0.1) is 13.8 Å². The molecule has 1 unspecified atom stereocenters. The molecule has 2 heteroatoms. The van der Waals surface area contributed by atoms with Gasteiger partial charge < -0.3 is 10.2 Å². The maximum atomic E-state index is 3.61. The zero-order chi connectivity index (χ0) is 15.2. The van der Waals surface area contributed by atoms with E-state index in [1.807, 2.05) is 0 Å². The molecule has 0 bridgehead atoms. The van der Waals surface area contributed by atoms with Gasteiger partial charge in [-0.15, -0.1) is 0 Å². The highest BCUT2D eigenvalue weighted by Gasteiger charge is 2.15. The first kappa shape index (κ1) is 15.6. The molecule has 0 fully saturated rings. The van der Waals surface area contributed by atoms with Crippen LogP contribution in [0.25, 0.3) is 0 Å². The lowest BCUT2D eigenvalue weighted by Gasteiger charge is -2.28. The van der Waals surface area contributed by atoms with Crippen molar-refractivity contribution in [1.82, 2.24) is 5.32 Å². The second-order valence-electron chi connectivity index (χ2n) is 5.69. The van der Waals surface area contributed by atoms with E-state index in [4.69, 9.17) is 0 Å². The van der Waals surface area contributed by atoms with Gasteiger partial charge in [0, 0.05) is 19.3 Å². The van der Waals surface area contributed by atoms with E-state index in [0.29, 0.717) is 6.04 Å². The zero-order valence-corrected chi connectivity index (χ0v) is 13.6. The molecule has 0 aliphatic rings. The lowest BCUT2D eigenvalue weighted by Crippen LogP contribution is -2.33. The van der Waals surface area contributed by atoms with Crippen molar-refractivity contribution in [3.63, 3.8) is 0 Å². The summed E-state index contributed by atoms with van der Waals surface area (Å²) in [7, 11) is 2.16. The van der Waals surface area contributed by atoms with Gasteiger partial charge in [-0.2, -0.15) is 0 Å². The average molecular weight is 282 g/mol. The van der Waals surface area contributed by atoms with Gasteiger partial charge in [-0.1, -0.05) is 43.3 Å². The quantitative estimate of drug-likeness (QED) is 0.858. The highest BCUT2D eigenvalue weighted by atomic mass is 15.1. The first-order valence-electron chi connectivity index (χ1n) is 7.68. The molecule has 0 spiro atoms. The standard InChI is InChI=1S/C19H26N2/c1-5-20-19(18-12-7-6-10-16(18)3)14-21(4)17-11-8-9-15(2)13-17/h6-13,19-20H,5,14H2,1-4H3. The molecule has 1 atom stereocenters. The predicted octanol–water partition coefficient (Wildman–Crippen LogP) is 4.09. The first-order valence-corrected chi connectivity index (χ1v) is 7.68. The van der Waals surface area contributed by atoms with Crippen LogP contribution in [-0.2, 0) is 0 Å². The molecule has 112 valence electrons. The number of nitrogens with zero attached hydrogens (tertiary/aromatic N) is 1. The number of aryl methyl sites for hydroxylation is 2. The van der Waals surface area contributed by atoms with Gasteiger partial charge in [0.2, 0.25) is 0 Å². The second-order valence-corrected chi connectivity index (χ2v) is 5.69. The number of nitrogens with one attached hydrogen (secondary N) is 1. The molecule has 21 heavy (non-hydrogen) atoms. The molecule has 0 radical (unpaired) electrons. The predicted molar refractivity (Wildman–Crippen MR) is 92.0 cm³/mol. The van der Waals surface area contributed by atoms with Crippen LogP contribution in [0.4, 0.5) is 5.69 Å². The maximum Gasteiger partial charge on any atom is 0.0500 e. The second kappa shape index (κ2) is 7.28. The summed E-state index contributed by atoms with van der Waals surface area (Å²) in [5.74, 6) is 0. The molecule has 0 saturated heterocycles. The van der Waals surface area contributed by atoms with E-state index in [0.717, 1.165) is 13.1 Å². The van der Waals surface area contributed by atoms with Crippen LogP contribution in [-0.4, -0.2) is 20.1 Å². The Balaban J connectivity index is 2.18. The van der Waals surface area contributed by atoms with Gasteiger partial charge in [-0.3, -0.25) is 0 Å². The minimum atomic E-state index is 0.349. The fourth-order valence-electron chi connectivity index (χ4n) is 2.74. The number of hydrogen-bond acceptors (Lipinski definition) is 2. The summed E-state index contributed by atoms with van der Waals surface area (Å²) in [5, 5.41) is 3.61. The van der Waals surface area contributed by atoms with Crippen molar-refractivity contribution < 1.29 is 0 Å². The zero-order valence-electron chi connectivity index (χ0n) is 13.6. The van der Waals surface area contributed by atoms with Crippen molar-refractivity contribution in [2.45, 2.75) is 26.8 Å². The van der Waals surface area contributed by atoms with E-state index in [1.54, 1.807) is 0 Å². The number of benzene rings is 2. The third-order valence-corrected chi connectivity index (χ3v) is 3.91. The van der Waals surface area contributed by atoms with Crippen LogP contribution in [0.2, 0.25) is 0 Å². The third-order valence-electron chi connectivity index (χ3n) is 3.91. The summed E-state index contributed by atoms with van der Waals surface area (Å²) < 4.78 is 0. The Kier molecular flexibility index (Phi) is 5.40. The molecule has 0 saturated carbocycles. The molecule has 0 aliphatic heterocycles. The molecular formula is C19H26N2. The topological polar surface area (TPSA) is 15.3 Å². The smallest absolute Gasteiger partial charge is 0.0500 e. The average Bonchev–Trinajstić information content (AvgIpc) is 2.47. The summed E-state index contributed by atoms with van der Waals surface area (Å²) in [6, 6.07) is 17.7. The van der Waals surface area contributed by atoms with Gasteiger partial charge in [0.15, 0.2) is 0 Å². The number of hydrogen-bond donors (Lipinski definition) is 1. The van der Waals surface area contributed by atoms with Crippen molar-refractivity contribution in [1.29, 1.82) is 0 Å². The van der Waals surface area contributed by atoms with Gasteiger partial charge in [0.1, 0.15) is 0 Å². The summed E-state index contributed by atoms with van der Waals surface area (Å²) >= 11 is 0. The molecule has 0 aliphatic carbocycles. The normalized spacial score (nSPS) is 12.2. The van der Waals surface area contributed by atoms with E-state index in [2.05, 4.69) is 86.6 Å². The molecule has 2 rings (SSSR count). The maximum absolute atomic E-state index is 3.61. The van der Waals surface area contributed by atoms with Gasteiger partial charge in [0.05, 0.1) is 6.04 Å². The largest absolute Gasteiger partial charge is 0.373 e. The molecular weight excluding hydrogens is 256 g/mol. The minimum Gasteiger partial charge on any atom is -0.373 e. The van der Waals surface area contributed by atoms with Crippen LogP contribution < -0.4 is 10.2 Å². The van der Waals surface area contributed by atoms with Crippen molar-refractivity contribution in [3.8, 4) is 0 Å². The Morgan fingerprint density at radius 1 is 1.05 bits per heavy atom. The summed E-state index contributed by atoms with van der Waals surface area (Å²) in [4.78, 5) is 2.33. The summed E-state index contributed by atoms with van der Waals surface area (Å²) in [6.07, 6.45) is 0. The lowest BCUT2D eigenvalue weighted by molar-refractivity contribution is 0.548. The molecule has 0 heterocycles. The number of anilines is 1. The first-order chi connectivity index (χ1) is 10.1. The lowest BCUT2D eigenvalue weighted by atomic mass is 10.0. The third kappa shape index (κ3) is 4.08. The van der Waals surface area contributed by atoms with Gasteiger partial charge >= 0.3 is 0 Å². The fourth-order valence-corrected chi connectivity index (χ4v) is 2.74. The van der Waals surface area contributed by atoms with Crippen LogP contribution in [0.15, 0.2) is 48.5 Å². The van der Waals surface area contributed by atoms with Crippen molar-refractivity contribution in [3.05, 3.63) is 65.2 Å². The van der Waals surface area contributed by atoms with E-state index < -0.39 is 0 Å². The van der Waals surface area contributed by atoms with E-state index >= 15 is 0 Å². The highest BCUT2D eigenvalue weighted by molar-refractivity contribution is 5.48. The molecule has 0 amide bonds. The Morgan fingerprint density at radius 2 is 1.81 bits per heavy atom. The Bertz CT molecular complexity index is 577. The van der Waals surface area contributed by atoms with Crippen LogP contribution in [0.3, 0.4) is 0 Å². The Hall–Kier alpha value is -1.80. The van der Waals surface area contributed by atoms with Crippen LogP contribution in [0.5, 0.6) is 0 Å². The fraction of sp³-hybridized carbons (Fsp3) is 0.368. The highest BCUT2D eigenvalue weighted by Crippen LogP contribution is 2.21. The monoisotopic (exact) mass is 282 g/mol. The SMILES string of the molecule is CCNC(CN(C)c1cccc(C)c1)c1ccccc1C. The molecule has 2 aromatic carbocycles. The molecule has 1 N–H and O–H groups in total. The van der Waals surface area contributed by atoms with Crippen molar-refractivity contribution in [2.24, 2.45) is 0 Å². The Morgan fingerprint density at radius 3 is 2.48 bits per heavy atom. The number of rotatable bonds is 6. The molecule has 0 aromatic heterocycles. The minimum absolute atomic E-state index is 0.349. The van der Waals surface area contributed by atoms with Crippen molar-refractivity contribution in [2.75, 3.05) is 25.0 Å². The summed E-state index contributed by atoms with van der Waals surface area (Å²) in [5.41, 5.74) is 5.31. The molecule has 2 aromatic rings. The molecule has 2 nitrogen and oxygen atoms in total. The Labute approximate surface area is 128 Å². The summed E-state index contributed by atoms with van der Waals surface area (Å²) in [6.45, 7) is 8.42. The van der Waals surface area contributed by atoms with Crippen molar-refractivity contribution >= 4 is 5.69 Å². The van der Waals surface area contributed by atoms with Crippen LogP contribution in [0.1, 0.15) is 29.7 Å². The van der Waals surface area contributed by atoms with E-state index in [-0.39, 0.29) is 0 Å². The van der Waals surface area contributed by atoms with E-state index in [9.17, 15) is 0 Å². The number of likely N-dealkylation sites (N-methyl/N-ethyl adjacent to an activating group) is 2. The van der Waals surface area contributed by atoms with Crippen LogP contribution >= 0.6 is 0 Å². The van der Waals surface area contributed by atoms with Gasteiger partial charge in [0.25, 0.3) is 0 Å². The van der Waals surface area contributed by atoms with E-state index in [1.165, 1.54) is 22.4 Å². The van der Waals surface area contributed by atoms with Gasteiger partial charge in [-0.25, -0.2) is 0 Å². The van der Waals surface area contributed by atoms with Gasteiger partial charge in [-0.05, 0) is 49.2 Å².